The lowest BCUT2D eigenvalue weighted by atomic mass is 9.65. The van der Waals surface area contributed by atoms with Gasteiger partial charge in [0.05, 0.1) is 40.7 Å². The average Bonchev–Trinajstić information content (AvgIpc) is 3.45. The predicted molar refractivity (Wildman–Crippen MR) is 124 cm³/mol. The fourth-order valence-electron chi connectivity index (χ4n) is 6.44. The van der Waals surface area contributed by atoms with Gasteiger partial charge >= 0.3 is 0 Å². The SMILES string of the molecule is CCCCCCCCON1C(=O)[C@@H]2[C@H]3O[C@@H]([C@@H]2C1=O)[C@H]1[C@@H]3[C@@]2(Cl)C(Cl)=C(Cl)[C@@]1(Cl)C2(Cl)Cl. The van der Waals surface area contributed by atoms with Crippen LogP contribution in [0.4, 0.5) is 0 Å². The molecule has 4 bridgehead atoms. The molecule has 4 fully saturated rings. The second-order valence-electron chi connectivity index (χ2n) is 9.37. The first kappa shape index (κ1) is 24.2. The number of amides is 2. The number of imide groups is 1. The van der Waals surface area contributed by atoms with Crippen LogP contribution in [0.15, 0.2) is 10.1 Å². The first-order valence-electron chi connectivity index (χ1n) is 11.0. The van der Waals surface area contributed by atoms with E-state index in [1.165, 1.54) is 19.3 Å². The minimum Gasteiger partial charge on any atom is -0.373 e. The number of rotatable bonds is 8. The maximum absolute atomic E-state index is 13.2. The molecule has 0 aromatic carbocycles. The molecule has 0 spiro atoms. The molecule has 5 rings (SSSR count). The van der Waals surface area contributed by atoms with Gasteiger partial charge in [-0.05, 0) is 6.42 Å². The van der Waals surface area contributed by atoms with Gasteiger partial charge in [-0.15, -0.1) is 23.2 Å². The van der Waals surface area contributed by atoms with E-state index in [2.05, 4.69) is 6.92 Å². The third-order valence-corrected chi connectivity index (χ3v) is 12.1. The summed E-state index contributed by atoms with van der Waals surface area (Å²) < 4.78 is 4.41. The van der Waals surface area contributed by atoms with Crippen LogP contribution in [0.3, 0.4) is 0 Å². The van der Waals surface area contributed by atoms with Gasteiger partial charge in [-0.1, -0.05) is 85.4 Å². The van der Waals surface area contributed by atoms with Crippen molar-refractivity contribution >= 4 is 81.4 Å². The lowest BCUT2D eigenvalue weighted by Gasteiger charge is -2.39. The van der Waals surface area contributed by atoms with Crippen molar-refractivity contribution < 1.29 is 19.2 Å². The first-order chi connectivity index (χ1) is 15.1. The van der Waals surface area contributed by atoms with E-state index in [1.807, 2.05) is 0 Å². The maximum atomic E-state index is 13.2. The van der Waals surface area contributed by atoms with Crippen LogP contribution in [0, 0.1) is 23.7 Å². The Morgan fingerprint density at radius 2 is 1.31 bits per heavy atom. The van der Waals surface area contributed by atoms with E-state index in [1.54, 1.807) is 0 Å². The lowest BCUT2D eigenvalue weighted by Crippen LogP contribution is -2.50. The Labute approximate surface area is 216 Å². The monoisotopic (exact) mass is 563 g/mol. The number of nitrogens with zero attached hydrogens (tertiary/aromatic N) is 1. The van der Waals surface area contributed by atoms with E-state index in [-0.39, 0.29) is 10.1 Å². The van der Waals surface area contributed by atoms with E-state index >= 15 is 0 Å². The number of allylic oxidation sites excluding steroid dienone is 2. The van der Waals surface area contributed by atoms with Gasteiger partial charge in [0, 0.05) is 11.8 Å². The van der Waals surface area contributed by atoms with Crippen LogP contribution in [-0.4, -0.2) is 49.8 Å². The zero-order valence-electron chi connectivity index (χ0n) is 17.3. The highest BCUT2D eigenvalue weighted by molar-refractivity contribution is 6.65. The minimum atomic E-state index is -1.72. The van der Waals surface area contributed by atoms with E-state index in [0.29, 0.717) is 6.61 Å². The minimum absolute atomic E-state index is 0.0720. The number of ether oxygens (including phenoxy) is 1. The molecule has 0 radical (unpaired) electrons. The van der Waals surface area contributed by atoms with E-state index in [9.17, 15) is 9.59 Å². The second kappa shape index (κ2) is 8.03. The Balaban J connectivity index is 1.34. The molecule has 0 unspecified atom stereocenters. The number of carbonyl (C=O) groups excluding carboxylic acids is 2. The Morgan fingerprint density at radius 1 is 0.844 bits per heavy atom. The molecule has 1 saturated carbocycles. The normalized spacial score (nSPS) is 45.4. The third-order valence-electron chi connectivity index (χ3n) is 7.86. The molecule has 2 aliphatic carbocycles. The summed E-state index contributed by atoms with van der Waals surface area (Å²) in [6, 6.07) is 0. The van der Waals surface area contributed by atoms with Crippen LogP contribution in [0.2, 0.25) is 0 Å². The highest BCUT2D eigenvalue weighted by Crippen LogP contribution is 2.81. The fraction of sp³-hybridized carbons (Fsp3) is 0.810. The van der Waals surface area contributed by atoms with Gasteiger partial charge in [0.15, 0.2) is 4.33 Å². The second-order valence-corrected chi connectivity index (χ2v) is 12.6. The van der Waals surface area contributed by atoms with Crippen LogP contribution in [-0.2, 0) is 19.2 Å². The Hall–Kier alpha value is 0.540. The molecular weight excluding hydrogens is 543 g/mol. The van der Waals surface area contributed by atoms with Crippen molar-refractivity contribution in [3.05, 3.63) is 10.1 Å². The number of hydrogen-bond donors (Lipinski definition) is 0. The molecule has 0 aromatic heterocycles. The average molecular weight is 566 g/mol. The number of alkyl halides is 4. The summed E-state index contributed by atoms with van der Waals surface area (Å²) in [5.74, 6) is -3.45. The van der Waals surface area contributed by atoms with Gasteiger partial charge in [0.25, 0.3) is 11.8 Å². The molecule has 2 amide bonds. The van der Waals surface area contributed by atoms with Crippen molar-refractivity contribution in [3.63, 3.8) is 0 Å². The van der Waals surface area contributed by atoms with Crippen molar-refractivity contribution in [1.82, 2.24) is 5.06 Å². The van der Waals surface area contributed by atoms with Crippen LogP contribution in [0.1, 0.15) is 45.4 Å². The molecule has 178 valence electrons. The molecule has 3 aliphatic heterocycles. The third kappa shape index (κ3) is 2.69. The highest BCUT2D eigenvalue weighted by Gasteiger charge is 2.90. The van der Waals surface area contributed by atoms with Crippen LogP contribution in [0.25, 0.3) is 0 Å². The molecule has 0 N–H and O–H groups in total. The van der Waals surface area contributed by atoms with Crippen LogP contribution >= 0.6 is 69.6 Å². The molecular formula is C21H23Cl6NO4. The van der Waals surface area contributed by atoms with E-state index in [0.717, 1.165) is 24.3 Å². The Morgan fingerprint density at radius 3 is 1.81 bits per heavy atom. The summed E-state index contributed by atoms with van der Waals surface area (Å²) in [6.45, 7) is 2.47. The molecule has 32 heavy (non-hydrogen) atoms. The number of hydrogen-bond acceptors (Lipinski definition) is 4. The number of hydroxylamine groups is 2. The molecule has 3 saturated heterocycles. The standard InChI is InChI=1S/C21H23Cl6NO4/c1-2-3-4-5-6-7-8-31-28-17(29)9-10(18(28)30)14-12-11(13(9)32-14)19(24)15(22)16(23)20(12,25)21(19,26)27/h9-14H,2-8H2,1H3/t9-,10+,11-,12+,13+,14-,19-,20-/m1/s1. The fourth-order valence-corrected chi connectivity index (χ4v) is 9.50. The zero-order chi connectivity index (χ0) is 23.2. The van der Waals surface area contributed by atoms with Crippen molar-refractivity contribution in [3.8, 4) is 0 Å². The smallest absolute Gasteiger partial charge is 0.260 e. The van der Waals surface area contributed by atoms with Gasteiger partial charge in [-0.2, -0.15) is 5.06 Å². The summed E-state index contributed by atoms with van der Waals surface area (Å²) >= 11 is 40.2. The Bertz CT molecular complexity index is 840. The molecule has 5 nitrogen and oxygen atoms in total. The van der Waals surface area contributed by atoms with Crippen LogP contribution in [0.5, 0.6) is 0 Å². The molecule has 11 heteroatoms. The van der Waals surface area contributed by atoms with Crippen molar-refractivity contribution in [2.24, 2.45) is 23.7 Å². The molecule has 8 atom stereocenters. The van der Waals surface area contributed by atoms with E-state index in [4.69, 9.17) is 79.2 Å². The number of unbranched alkanes of at least 4 members (excludes halogenated alkanes) is 5. The largest absolute Gasteiger partial charge is 0.373 e. The summed E-state index contributed by atoms with van der Waals surface area (Å²) in [6.07, 6.45) is 5.01. The van der Waals surface area contributed by atoms with Crippen molar-refractivity contribution in [2.45, 2.75) is 71.7 Å². The van der Waals surface area contributed by atoms with Gasteiger partial charge in [-0.25, -0.2) is 0 Å². The summed E-state index contributed by atoms with van der Waals surface area (Å²) in [5, 5.41) is 1.05. The summed E-state index contributed by atoms with van der Waals surface area (Å²) in [5.41, 5.74) is 0. The number of halogens is 6. The molecule has 5 aliphatic rings. The Kier molecular flexibility index (Phi) is 6.08. The van der Waals surface area contributed by atoms with Crippen molar-refractivity contribution in [2.75, 3.05) is 6.61 Å². The quantitative estimate of drug-likeness (QED) is 0.214. The maximum Gasteiger partial charge on any atom is 0.260 e. The van der Waals surface area contributed by atoms with Gasteiger partial charge in [-0.3, -0.25) is 14.4 Å². The molecule has 3 heterocycles. The summed E-state index contributed by atoms with van der Waals surface area (Å²) in [4.78, 5) is 28.9. The van der Waals surface area contributed by atoms with Gasteiger partial charge in [0.1, 0.15) is 9.75 Å². The topological polar surface area (TPSA) is 55.8 Å². The predicted octanol–water partition coefficient (Wildman–Crippen LogP) is 5.74. The number of fused-ring (bicyclic) bond motifs is 12. The zero-order valence-corrected chi connectivity index (χ0v) is 21.8. The highest BCUT2D eigenvalue weighted by atomic mass is 35.5. The molecule has 0 aromatic rings. The van der Waals surface area contributed by atoms with E-state index < -0.39 is 61.8 Å². The van der Waals surface area contributed by atoms with Crippen LogP contribution < -0.4 is 0 Å². The van der Waals surface area contributed by atoms with Gasteiger partial charge < -0.3 is 4.74 Å². The van der Waals surface area contributed by atoms with Crippen molar-refractivity contribution in [1.29, 1.82) is 0 Å². The first-order valence-corrected chi connectivity index (χ1v) is 13.3. The number of carbonyl (C=O) groups is 2. The summed E-state index contributed by atoms with van der Waals surface area (Å²) in [7, 11) is 0. The lowest BCUT2D eigenvalue weighted by molar-refractivity contribution is -0.192. The van der Waals surface area contributed by atoms with Gasteiger partial charge in [0.2, 0.25) is 0 Å².